The maximum atomic E-state index is 12.2. The molecule has 0 aliphatic heterocycles. The number of hydrogen-bond donors (Lipinski definition) is 2. The predicted molar refractivity (Wildman–Crippen MR) is 107 cm³/mol. The first-order valence-corrected chi connectivity index (χ1v) is 7.89. The Balaban J connectivity index is 0.00000484. The molecule has 0 saturated carbocycles. The standard InChI is InChI=1S/C17H28N4O.HI/c1-5-21(6-2)16(22)15-9-7-14(8-10-15)12-20-17(18)19-11-13(3)4;/h7-10,13H,5-6,11-12H2,1-4H3,(H3,18,19,20);1H. The van der Waals surface area contributed by atoms with Crippen LogP contribution in [0.25, 0.3) is 0 Å². The molecule has 0 bridgehead atoms. The summed E-state index contributed by atoms with van der Waals surface area (Å²) >= 11 is 0. The number of nitrogens with two attached hydrogens (primary N) is 1. The van der Waals surface area contributed by atoms with Gasteiger partial charge in [0.1, 0.15) is 0 Å². The SMILES string of the molecule is CCN(CC)C(=O)c1ccc(CN=C(N)NCC(C)C)cc1.I. The Morgan fingerprint density at radius 1 is 1.22 bits per heavy atom. The minimum atomic E-state index is 0. The van der Waals surface area contributed by atoms with Gasteiger partial charge in [-0.2, -0.15) is 0 Å². The second kappa shape index (κ2) is 11.3. The minimum Gasteiger partial charge on any atom is -0.370 e. The Bertz CT molecular complexity index is 496. The summed E-state index contributed by atoms with van der Waals surface area (Å²) in [7, 11) is 0. The van der Waals surface area contributed by atoms with Crippen LogP contribution >= 0.6 is 24.0 Å². The largest absolute Gasteiger partial charge is 0.370 e. The topological polar surface area (TPSA) is 70.7 Å². The van der Waals surface area contributed by atoms with E-state index in [4.69, 9.17) is 5.73 Å². The van der Waals surface area contributed by atoms with Crippen molar-refractivity contribution in [2.75, 3.05) is 19.6 Å². The van der Waals surface area contributed by atoms with E-state index in [1.807, 2.05) is 38.1 Å². The average molecular weight is 432 g/mol. The molecule has 130 valence electrons. The molecular formula is C17H29IN4O. The number of guanidine groups is 1. The zero-order valence-electron chi connectivity index (χ0n) is 14.5. The van der Waals surface area contributed by atoms with Crippen molar-refractivity contribution in [3.05, 3.63) is 35.4 Å². The minimum absolute atomic E-state index is 0. The molecular weight excluding hydrogens is 403 g/mol. The molecule has 1 aromatic carbocycles. The third-order valence-electron chi connectivity index (χ3n) is 3.37. The summed E-state index contributed by atoms with van der Waals surface area (Å²) in [6.07, 6.45) is 0. The van der Waals surface area contributed by atoms with E-state index in [1.165, 1.54) is 0 Å². The van der Waals surface area contributed by atoms with Crippen LogP contribution in [0.3, 0.4) is 0 Å². The van der Waals surface area contributed by atoms with Gasteiger partial charge in [-0.3, -0.25) is 4.79 Å². The van der Waals surface area contributed by atoms with Crippen LogP contribution in [0.15, 0.2) is 29.3 Å². The lowest BCUT2D eigenvalue weighted by molar-refractivity contribution is 0.0773. The predicted octanol–water partition coefficient (Wildman–Crippen LogP) is 2.85. The molecule has 0 aliphatic carbocycles. The Hall–Kier alpha value is -1.31. The lowest BCUT2D eigenvalue weighted by Crippen LogP contribution is -2.34. The molecule has 0 saturated heterocycles. The molecule has 0 unspecified atom stereocenters. The van der Waals surface area contributed by atoms with Crippen LogP contribution < -0.4 is 11.1 Å². The summed E-state index contributed by atoms with van der Waals surface area (Å²) < 4.78 is 0. The number of rotatable bonds is 7. The zero-order chi connectivity index (χ0) is 16.5. The second-order valence-electron chi connectivity index (χ2n) is 5.65. The van der Waals surface area contributed by atoms with Gasteiger partial charge in [0.15, 0.2) is 5.96 Å². The summed E-state index contributed by atoms with van der Waals surface area (Å²) in [6, 6.07) is 7.55. The molecule has 0 aromatic heterocycles. The molecule has 0 fully saturated rings. The van der Waals surface area contributed by atoms with E-state index in [-0.39, 0.29) is 29.9 Å². The average Bonchev–Trinajstić information content (AvgIpc) is 2.52. The molecule has 1 aromatic rings. The number of hydrogen-bond acceptors (Lipinski definition) is 2. The Labute approximate surface area is 156 Å². The van der Waals surface area contributed by atoms with E-state index in [1.54, 1.807) is 4.90 Å². The smallest absolute Gasteiger partial charge is 0.253 e. The van der Waals surface area contributed by atoms with Gasteiger partial charge >= 0.3 is 0 Å². The highest BCUT2D eigenvalue weighted by molar-refractivity contribution is 14.0. The number of carbonyl (C=O) groups excluding carboxylic acids is 1. The first-order valence-electron chi connectivity index (χ1n) is 7.89. The number of nitrogens with zero attached hydrogens (tertiary/aromatic N) is 2. The first-order chi connectivity index (χ1) is 10.5. The summed E-state index contributed by atoms with van der Waals surface area (Å²) in [5.74, 6) is 1.05. The van der Waals surface area contributed by atoms with Crippen LogP contribution in [0.2, 0.25) is 0 Å². The van der Waals surface area contributed by atoms with Crippen molar-refractivity contribution in [3.63, 3.8) is 0 Å². The lowest BCUT2D eigenvalue weighted by atomic mass is 10.1. The fourth-order valence-electron chi connectivity index (χ4n) is 1.99. The zero-order valence-corrected chi connectivity index (χ0v) is 16.8. The molecule has 3 N–H and O–H groups in total. The Morgan fingerprint density at radius 2 is 1.78 bits per heavy atom. The highest BCUT2D eigenvalue weighted by Crippen LogP contribution is 2.08. The van der Waals surface area contributed by atoms with Gasteiger partial charge in [-0.15, -0.1) is 24.0 Å². The number of benzene rings is 1. The van der Waals surface area contributed by atoms with Gasteiger partial charge in [0, 0.05) is 25.2 Å². The van der Waals surface area contributed by atoms with E-state index in [0.29, 0.717) is 24.0 Å². The number of amides is 1. The fourth-order valence-corrected chi connectivity index (χ4v) is 1.99. The highest BCUT2D eigenvalue weighted by Gasteiger charge is 2.11. The van der Waals surface area contributed by atoms with Gasteiger partial charge in [0.05, 0.1) is 6.54 Å². The van der Waals surface area contributed by atoms with E-state index < -0.39 is 0 Å². The number of nitrogens with one attached hydrogen (secondary N) is 1. The highest BCUT2D eigenvalue weighted by atomic mass is 127. The van der Waals surface area contributed by atoms with Crippen LogP contribution in [-0.2, 0) is 6.54 Å². The number of halogens is 1. The van der Waals surface area contributed by atoms with E-state index in [0.717, 1.165) is 25.2 Å². The van der Waals surface area contributed by atoms with Gasteiger partial charge in [-0.1, -0.05) is 26.0 Å². The molecule has 0 aliphatic rings. The number of carbonyl (C=O) groups is 1. The third kappa shape index (κ3) is 7.67. The number of aliphatic imine (C=N–C) groups is 1. The van der Waals surface area contributed by atoms with Gasteiger partial charge in [-0.25, -0.2) is 4.99 Å². The van der Waals surface area contributed by atoms with Crippen molar-refractivity contribution in [1.82, 2.24) is 10.2 Å². The summed E-state index contributed by atoms with van der Waals surface area (Å²) in [5.41, 5.74) is 7.55. The van der Waals surface area contributed by atoms with Crippen LogP contribution in [0.5, 0.6) is 0 Å². The van der Waals surface area contributed by atoms with Crippen molar-refractivity contribution in [2.45, 2.75) is 34.2 Å². The normalized spacial score (nSPS) is 11.1. The van der Waals surface area contributed by atoms with E-state index in [9.17, 15) is 4.79 Å². The monoisotopic (exact) mass is 432 g/mol. The van der Waals surface area contributed by atoms with Crippen molar-refractivity contribution in [3.8, 4) is 0 Å². The van der Waals surface area contributed by atoms with Crippen LogP contribution in [0.4, 0.5) is 0 Å². The molecule has 23 heavy (non-hydrogen) atoms. The van der Waals surface area contributed by atoms with Gasteiger partial charge in [0.2, 0.25) is 0 Å². The molecule has 0 heterocycles. The van der Waals surface area contributed by atoms with Gasteiger partial charge in [0.25, 0.3) is 5.91 Å². The Morgan fingerprint density at radius 3 is 2.26 bits per heavy atom. The molecule has 0 atom stereocenters. The van der Waals surface area contributed by atoms with Crippen LogP contribution in [-0.4, -0.2) is 36.4 Å². The summed E-state index contributed by atoms with van der Waals surface area (Å²) in [6.45, 7) is 11.0. The lowest BCUT2D eigenvalue weighted by Gasteiger charge is -2.18. The van der Waals surface area contributed by atoms with Crippen LogP contribution in [0.1, 0.15) is 43.6 Å². The molecule has 1 amide bonds. The van der Waals surface area contributed by atoms with Crippen LogP contribution in [0, 0.1) is 5.92 Å². The maximum absolute atomic E-state index is 12.2. The first kappa shape index (κ1) is 21.7. The third-order valence-corrected chi connectivity index (χ3v) is 3.37. The Kier molecular flexibility index (Phi) is 10.6. The second-order valence-corrected chi connectivity index (χ2v) is 5.65. The van der Waals surface area contributed by atoms with E-state index in [2.05, 4.69) is 24.2 Å². The molecule has 6 heteroatoms. The molecule has 1 rings (SSSR count). The van der Waals surface area contributed by atoms with Crippen molar-refractivity contribution in [2.24, 2.45) is 16.6 Å². The molecule has 0 spiro atoms. The van der Waals surface area contributed by atoms with Gasteiger partial charge < -0.3 is 16.0 Å². The fraction of sp³-hybridized carbons (Fsp3) is 0.529. The quantitative estimate of drug-likeness (QED) is 0.396. The van der Waals surface area contributed by atoms with Crippen molar-refractivity contribution < 1.29 is 4.79 Å². The van der Waals surface area contributed by atoms with Crippen molar-refractivity contribution in [1.29, 1.82) is 0 Å². The summed E-state index contributed by atoms with van der Waals surface area (Å²) in [4.78, 5) is 18.3. The van der Waals surface area contributed by atoms with Crippen molar-refractivity contribution >= 4 is 35.8 Å². The maximum Gasteiger partial charge on any atom is 0.253 e. The molecule has 5 nitrogen and oxygen atoms in total. The molecule has 0 radical (unpaired) electrons. The van der Waals surface area contributed by atoms with E-state index >= 15 is 0 Å². The van der Waals surface area contributed by atoms with Gasteiger partial charge in [-0.05, 0) is 37.5 Å². The summed E-state index contributed by atoms with van der Waals surface area (Å²) in [5, 5.41) is 3.08.